The minimum atomic E-state index is -0.726. The summed E-state index contributed by atoms with van der Waals surface area (Å²) < 4.78 is 5.32. The molecule has 2 aromatic rings. The fraction of sp³-hybridized carbons (Fsp3) is 0.176. The van der Waals surface area contributed by atoms with Gasteiger partial charge in [-0.1, -0.05) is 30.3 Å². The molecule has 1 atom stereocenters. The maximum atomic E-state index is 12.3. The van der Waals surface area contributed by atoms with Crippen LogP contribution >= 0.6 is 12.6 Å². The molecule has 0 spiro atoms. The van der Waals surface area contributed by atoms with E-state index in [2.05, 4.69) is 17.9 Å². The zero-order valence-corrected chi connectivity index (χ0v) is 13.0. The van der Waals surface area contributed by atoms with Gasteiger partial charge in [0, 0.05) is 18.2 Å². The third-order valence-electron chi connectivity index (χ3n) is 3.00. The molecule has 0 bridgehead atoms. The molecule has 0 aromatic heterocycles. The van der Waals surface area contributed by atoms with Crippen molar-refractivity contribution in [1.82, 2.24) is 5.32 Å². The number of thiol groups is 1. The van der Waals surface area contributed by atoms with Crippen molar-refractivity contribution in [3.8, 4) is 5.75 Å². The van der Waals surface area contributed by atoms with Crippen LogP contribution in [0.15, 0.2) is 59.5 Å². The summed E-state index contributed by atoms with van der Waals surface area (Å²) in [6, 6.07) is 15.5. The molecule has 4 nitrogen and oxygen atoms in total. The van der Waals surface area contributed by atoms with Crippen LogP contribution in [-0.2, 0) is 16.0 Å². The van der Waals surface area contributed by atoms with Crippen molar-refractivity contribution < 1.29 is 14.3 Å². The predicted octanol–water partition coefficient (Wildman–Crippen LogP) is 2.63. The Hall–Kier alpha value is -2.27. The SMILES string of the molecule is CC(=O)NC(Cc1ccccc1)C(=O)Oc1ccc(S)cc1. The molecule has 1 unspecified atom stereocenters. The van der Waals surface area contributed by atoms with Gasteiger partial charge in [0.25, 0.3) is 0 Å². The van der Waals surface area contributed by atoms with Crippen molar-refractivity contribution in [3.63, 3.8) is 0 Å². The number of hydrogen-bond donors (Lipinski definition) is 2. The van der Waals surface area contributed by atoms with Gasteiger partial charge in [0.15, 0.2) is 0 Å². The molecule has 0 heterocycles. The molecule has 2 aromatic carbocycles. The fourth-order valence-electron chi connectivity index (χ4n) is 1.99. The first-order chi connectivity index (χ1) is 10.5. The Morgan fingerprint density at radius 2 is 1.73 bits per heavy atom. The second-order valence-corrected chi connectivity index (χ2v) is 5.37. The van der Waals surface area contributed by atoms with Crippen LogP contribution in [0, 0.1) is 0 Å². The first-order valence-electron chi connectivity index (χ1n) is 6.86. The number of benzene rings is 2. The molecule has 0 aliphatic rings. The van der Waals surface area contributed by atoms with Crippen molar-refractivity contribution in [3.05, 3.63) is 60.2 Å². The van der Waals surface area contributed by atoms with Gasteiger partial charge in [-0.25, -0.2) is 4.79 Å². The van der Waals surface area contributed by atoms with Gasteiger partial charge in [-0.2, -0.15) is 0 Å². The van der Waals surface area contributed by atoms with Crippen molar-refractivity contribution >= 4 is 24.5 Å². The van der Waals surface area contributed by atoms with E-state index in [4.69, 9.17) is 4.74 Å². The lowest BCUT2D eigenvalue weighted by molar-refractivity contribution is -0.139. The average molecular weight is 315 g/mol. The van der Waals surface area contributed by atoms with E-state index in [1.165, 1.54) is 6.92 Å². The summed E-state index contributed by atoms with van der Waals surface area (Å²) in [5.74, 6) is -0.347. The Morgan fingerprint density at radius 1 is 1.09 bits per heavy atom. The molecule has 22 heavy (non-hydrogen) atoms. The number of ether oxygens (including phenoxy) is 1. The Balaban J connectivity index is 2.08. The Morgan fingerprint density at radius 3 is 2.32 bits per heavy atom. The summed E-state index contributed by atoms with van der Waals surface area (Å²) in [5, 5.41) is 2.63. The number of rotatable bonds is 5. The average Bonchev–Trinajstić information content (AvgIpc) is 2.49. The summed E-state index contributed by atoms with van der Waals surface area (Å²) in [6.45, 7) is 1.38. The zero-order chi connectivity index (χ0) is 15.9. The van der Waals surface area contributed by atoms with E-state index in [1.807, 2.05) is 30.3 Å². The molecule has 0 aliphatic heterocycles. The highest BCUT2D eigenvalue weighted by Crippen LogP contribution is 2.15. The van der Waals surface area contributed by atoms with E-state index >= 15 is 0 Å². The second-order valence-electron chi connectivity index (χ2n) is 4.86. The number of carbonyl (C=O) groups is 2. The van der Waals surface area contributed by atoms with Crippen molar-refractivity contribution in [2.75, 3.05) is 0 Å². The first-order valence-corrected chi connectivity index (χ1v) is 7.31. The van der Waals surface area contributed by atoms with Gasteiger partial charge in [0.05, 0.1) is 0 Å². The van der Waals surface area contributed by atoms with Gasteiger partial charge >= 0.3 is 5.97 Å². The highest BCUT2D eigenvalue weighted by molar-refractivity contribution is 7.80. The largest absolute Gasteiger partial charge is 0.425 e. The van der Waals surface area contributed by atoms with Crippen LogP contribution in [0.3, 0.4) is 0 Å². The second kappa shape index (κ2) is 7.66. The normalized spacial score (nSPS) is 11.5. The van der Waals surface area contributed by atoms with Crippen LogP contribution in [0.5, 0.6) is 5.75 Å². The van der Waals surface area contributed by atoms with Gasteiger partial charge < -0.3 is 10.1 Å². The molecule has 2 rings (SSSR count). The van der Waals surface area contributed by atoms with Gasteiger partial charge in [0.1, 0.15) is 11.8 Å². The van der Waals surface area contributed by atoms with Crippen LogP contribution in [0.2, 0.25) is 0 Å². The fourth-order valence-corrected chi connectivity index (χ4v) is 2.14. The number of hydrogen-bond acceptors (Lipinski definition) is 4. The highest BCUT2D eigenvalue weighted by atomic mass is 32.1. The van der Waals surface area contributed by atoms with E-state index in [0.717, 1.165) is 10.5 Å². The van der Waals surface area contributed by atoms with Crippen molar-refractivity contribution in [1.29, 1.82) is 0 Å². The first kappa shape index (κ1) is 16.1. The highest BCUT2D eigenvalue weighted by Gasteiger charge is 2.22. The van der Waals surface area contributed by atoms with Gasteiger partial charge in [-0.15, -0.1) is 12.6 Å². The van der Waals surface area contributed by atoms with E-state index in [1.54, 1.807) is 24.3 Å². The quantitative estimate of drug-likeness (QED) is 0.507. The predicted molar refractivity (Wildman–Crippen MR) is 87.1 cm³/mol. The van der Waals surface area contributed by atoms with Crippen LogP contribution in [-0.4, -0.2) is 17.9 Å². The molecular formula is C17H17NO3S. The molecule has 5 heteroatoms. The lowest BCUT2D eigenvalue weighted by atomic mass is 10.1. The molecule has 114 valence electrons. The maximum absolute atomic E-state index is 12.3. The maximum Gasteiger partial charge on any atom is 0.334 e. The van der Waals surface area contributed by atoms with Crippen LogP contribution in [0.1, 0.15) is 12.5 Å². The van der Waals surface area contributed by atoms with E-state index in [0.29, 0.717) is 12.2 Å². The summed E-state index contributed by atoms with van der Waals surface area (Å²) in [7, 11) is 0. The van der Waals surface area contributed by atoms with Gasteiger partial charge in [0.2, 0.25) is 5.91 Å². The molecular weight excluding hydrogens is 298 g/mol. The molecule has 0 saturated heterocycles. The zero-order valence-electron chi connectivity index (χ0n) is 12.2. The third kappa shape index (κ3) is 4.93. The van der Waals surface area contributed by atoms with Crippen LogP contribution < -0.4 is 10.1 Å². The number of esters is 1. The lowest BCUT2D eigenvalue weighted by Crippen LogP contribution is -2.43. The van der Waals surface area contributed by atoms with Crippen LogP contribution in [0.25, 0.3) is 0 Å². The molecule has 0 saturated carbocycles. The minimum Gasteiger partial charge on any atom is -0.425 e. The number of amides is 1. The summed E-state index contributed by atoms with van der Waals surface area (Å²) in [5.41, 5.74) is 0.948. The van der Waals surface area contributed by atoms with Crippen LogP contribution in [0.4, 0.5) is 0 Å². The van der Waals surface area contributed by atoms with Crippen molar-refractivity contribution in [2.45, 2.75) is 24.3 Å². The monoisotopic (exact) mass is 315 g/mol. The molecule has 0 aliphatic carbocycles. The summed E-state index contributed by atoms with van der Waals surface area (Å²) >= 11 is 4.18. The molecule has 1 N–H and O–H groups in total. The van der Waals surface area contributed by atoms with Gasteiger partial charge in [-0.3, -0.25) is 4.79 Å². The molecule has 1 amide bonds. The van der Waals surface area contributed by atoms with Crippen molar-refractivity contribution in [2.24, 2.45) is 0 Å². The standard InChI is InChI=1S/C17H17NO3S/c1-12(19)18-16(11-13-5-3-2-4-6-13)17(20)21-14-7-9-15(22)10-8-14/h2-10,16,22H,11H2,1H3,(H,18,19). The molecule has 0 radical (unpaired) electrons. The number of nitrogens with one attached hydrogen (secondary N) is 1. The Bertz CT molecular complexity index is 641. The minimum absolute atomic E-state index is 0.274. The van der Waals surface area contributed by atoms with E-state index in [9.17, 15) is 9.59 Å². The molecule has 0 fully saturated rings. The summed E-state index contributed by atoms with van der Waals surface area (Å²) in [4.78, 5) is 24.4. The topological polar surface area (TPSA) is 55.4 Å². The van der Waals surface area contributed by atoms with Gasteiger partial charge in [-0.05, 0) is 29.8 Å². The summed E-state index contributed by atoms with van der Waals surface area (Å²) in [6.07, 6.45) is 0.379. The lowest BCUT2D eigenvalue weighted by Gasteiger charge is -2.16. The van der Waals surface area contributed by atoms with E-state index < -0.39 is 12.0 Å². The number of carbonyl (C=O) groups excluding carboxylic acids is 2. The Labute approximate surface area is 134 Å². The van der Waals surface area contributed by atoms with E-state index in [-0.39, 0.29) is 5.91 Å². The third-order valence-corrected chi connectivity index (χ3v) is 3.30. The Kier molecular flexibility index (Phi) is 5.61. The smallest absolute Gasteiger partial charge is 0.334 e.